The highest BCUT2D eigenvalue weighted by molar-refractivity contribution is 4.87. The van der Waals surface area contributed by atoms with Gasteiger partial charge < -0.3 is 10.2 Å². The van der Waals surface area contributed by atoms with Gasteiger partial charge >= 0.3 is 0 Å². The highest BCUT2D eigenvalue weighted by atomic mass is 15.1. The Morgan fingerprint density at radius 2 is 1.67 bits per heavy atom. The molecule has 1 unspecified atom stereocenters. The van der Waals surface area contributed by atoms with Crippen molar-refractivity contribution >= 4 is 0 Å². The maximum atomic E-state index is 3.73. The van der Waals surface area contributed by atoms with Gasteiger partial charge in [0.25, 0.3) is 0 Å². The summed E-state index contributed by atoms with van der Waals surface area (Å²) in [4.78, 5) is 2.82. The van der Waals surface area contributed by atoms with Gasteiger partial charge in [0.05, 0.1) is 0 Å². The lowest BCUT2D eigenvalue weighted by Gasteiger charge is -2.36. The first-order valence-electron chi connectivity index (χ1n) is 9.44. The minimum atomic E-state index is 0.452. The smallest absolute Gasteiger partial charge is 0.00477 e. The van der Waals surface area contributed by atoms with E-state index in [0.29, 0.717) is 5.41 Å². The van der Waals surface area contributed by atoms with Gasteiger partial charge in [0, 0.05) is 26.2 Å². The van der Waals surface area contributed by atoms with Gasteiger partial charge in [0.1, 0.15) is 0 Å². The van der Waals surface area contributed by atoms with E-state index < -0.39 is 0 Å². The molecule has 1 atom stereocenters. The van der Waals surface area contributed by atoms with Crippen LogP contribution < -0.4 is 5.32 Å². The molecule has 0 aromatic heterocycles. The maximum Gasteiger partial charge on any atom is 0.00477 e. The van der Waals surface area contributed by atoms with Crippen molar-refractivity contribution in [1.82, 2.24) is 10.2 Å². The van der Waals surface area contributed by atoms with E-state index in [0.717, 1.165) is 24.3 Å². The van der Waals surface area contributed by atoms with Crippen molar-refractivity contribution in [2.24, 2.45) is 23.2 Å². The third kappa shape index (κ3) is 7.15. The lowest BCUT2D eigenvalue weighted by atomic mass is 9.84. The molecule has 2 fully saturated rings. The maximum absolute atomic E-state index is 3.73. The molecule has 0 amide bonds. The van der Waals surface area contributed by atoms with E-state index in [4.69, 9.17) is 0 Å². The molecule has 0 spiro atoms. The van der Waals surface area contributed by atoms with E-state index in [2.05, 4.69) is 37.9 Å². The Morgan fingerprint density at radius 3 is 2.10 bits per heavy atom. The number of hydrogen-bond donors (Lipinski definition) is 1. The lowest BCUT2D eigenvalue weighted by Crippen LogP contribution is -2.44. The van der Waals surface area contributed by atoms with Gasteiger partial charge in [0.15, 0.2) is 0 Å². The molecule has 0 heterocycles. The fraction of sp³-hybridized carbons (Fsp3) is 1.00. The Kier molecular flexibility index (Phi) is 6.55. The summed E-state index contributed by atoms with van der Waals surface area (Å²) >= 11 is 0. The van der Waals surface area contributed by atoms with Gasteiger partial charge in [-0.05, 0) is 61.8 Å². The molecule has 2 nitrogen and oxygen atoms in total. The molecule has 0 aromatic rings. The molecule has 0 radical (unpaired) electrons. The molecule has 2 aliphatic rings. The van der Waals surface area contributed by atoms with Gasteiger partial charge in [0.2, 0.25) is 0 Å². The monoisotopic (exact) mass is 294 g/mol. The van der Waals surface area contributed by atoms with Crippen molar-refractivity contribution in [1.29, 1.82) is 0 Å². The van der Waals surface area contributed by atoms with Crippen molar-refractivity contribution in [2.45, 2.75) is 66.2 Å². The molecule has 0 aromatic carbocycles. The first-order chi connectivity index (χ1) is 10.0. The average molecular weight is 295 g/mol. The van der Waals surface area contributed by atoms with E-state index in [1.54, 1.807) is 0 Å². The van der Waals surface area contributed by atoms with Gasteiger partial charge in [-0.1, -0.05) is 34.1 Å². The summed E-state index contributed by atoms with van der Waals surface area (Å²) in [7, 11) is 0. The van der Waals surface area contributed by atoms with Crippen molar-refractivity contribution in [3.63, 3.8) is 0 Å². The van der Waals surface area contributed by atoms with Crippen LogP contribution in [0, 0.1) is 23.2 Å². The fourth-order valence-corrected chi connectivity index (χ4v) is 3.56. The molecular formula is C19H38N2. The Hall–Kier alpha value is -0.0800. The quantitative estimate of drug-likeness (QED) is 0.581. The summed E-state index contributed by atoms with van der Waals surface area (Å²) in [6.45, 7) is 15.9. The first-order valence-corrected chi connectivity index (χ1v) is 9.44. The zero-order valence-corrected chi connectivity index (χ0v) is 15.0. The summed E-state index contributed by atoms with van der Waals surface area (Å²) in [6, 6.07) is 0. The van der Waals surface area contributed by atoms with E-state index in [-0.39, 0.29) is 0 Å². The van der Waals surface area contributed by atoms with Gasteiger partial charge in [-0.2, -0.15) is 0 Å². The number of hydrogen-bond acceptors (Lipinski definition) is 2. The van der Waals surface area contributed by atoms with E-state index >= 15 is 0 Å². The van der Waals surface area contributed by atoms with Crippen LogP contribution >= 0.6 is 0 Å². The Bertz CT molecular complexity index is 280. The highest BCUT2D eigenvalue weighted by Gasteiger charge is 2.33. The summed E-state index contributed by atoms with van der Waals surface area (Å²) in [5, 5.41) is 3.73. The van der Waals surface area contributed by atoms with Gasteiger partial charge in [-0.15, -0.1) is 0 Å². The number of nitrogens with zero attached hydrogens (tertiary/aromatic N) is 1. The minimum absolute atomic E-state index is 0.452. The average Bonchev–Trinajstić information content (AvgIpc) is 3.25. The predicted octanol–water partition coefficient (Wildman–Crippen LogP) is 4.16. The zero-order valence-electron chi connectivity index (χ0n) is 15.0. The van der Waals surface area contributed by atoms with Gasteiger partial charge in [-0.3, -0.25) is 0 Å². The van der Waals surface area contributed by atoms with Crippen LogP contribution in [-0.2, 0) is 0 Å². The lowest BCUT2D eigenvalue weighted by molar-refractivity contribution is 0.139. The van der Waals surface area contributed by atoms with E-state index in [9.17, 15) is 0 Å². The van der Waals surface area contributed by atoms with Crippen LogP contribution in [-0.4, -0.2) is 37.6 Å². The molecule has 2 aliphatic carbocycles. The zero-order chi connectivity index (χ0) is 15.3. The topological polar surface area (TPSA) is 15.3 Å². The Balaban J connectivity index is 1.83. The molecule has 2 heteroatoms. The standard InChI is InChI=1S/C19H38N2/c1-5-10-19(4,14-20-11-16(2)3)15-21(12-17-6-7-17)13-18-8-9-18/h16-18,20H,5-15H2,1-4H3. The normalized spacial score (nSPS) is 22.0. The van der Waals surface area contributed by atoms with Crippen LogP contribution in [0.3, 0.4) is 0 Å². The van der Waals surface area contributed by atoms with E-state index in [1.807, 2.05) is 0 Å². The Morgan fingerprint density at radius 1 is 1.10 bits per heavy atom. The second-order valence-corrected chi connectivity index (χ2v) is 8.67. The molecular weight excluding hydrogens is 256 g/mol. The molecule has 0 saturated heterocycles. The Labute approximate surface area is 133 Å². The summed E-state index contributed by atoms with van der Waals surface area (Å²) < 4.78 is 0. The largest absolute Gasteiger partial charge is 0.316 e. The third-order valence-electron chi connectivity index (χ3n) is 4.99. The van der Waals surface area contributed by atoms with Crippen LogP contribution in [0.25, 0.3) is 0 Å². The first kappa shape index (κ1) is 17.3. The predicted molar refractivity (Wildman–Crippen MR) is 92.6 cm³/mol. The van der Waals surface area contributed by atoms with Crippen LogP contribution in [0.4, 0.5) is 0 Å². The van der Waals surface area contributed by atoms with Gasteiger partial charge in [-0.25, -0.2) is 0 Å². The molecule has 2 rings (SSSR count). The third-order valence-corrected chi connectivity index (χ3v) is 4.99. The second kappa shape index (κ2) is 7.97. The molecule has 2 saturated carbocycles. The molecule has 1 N–H and O–H groups in total. The van der Waals surface area contributed by atoms with Crippen LogP contribution in [0.1, 0.15) is 66.2 Å². The van der Waals surface area contributed by atoms with Crippen molar-refractivity contribution in [3.05, 3.63) is 0 Å². The van der Waals surface area contributed by atoms with Crippen LogP contribution in [0.5, 0.6) is 0 Å². The summed E-state index contributed by atoms with van der Waals surface area (Å²) in [6.07, 6.45) is 8.59. The SMILES string of the molecule is CCCC(C)(CNCC(C)C)CN(CC1CC1)CC1CC1. The molecule has 21 heavy (non-hydrogen) atoms. The fourth-order valence-electron chi connectivity index (χ4n) is 3.56. The van der Waals surface area contributed by atoms with E-state index in [1.165, 1.54) is 64.7 Å². The van der Waals surface area contributed by atoms with Crippen molar-refractivity contribution < 1.29 is 0 Å². The van der Waals surface area contributed by atoms with Crippen LogP contribution in [0.15, 0.2) is 0 Å². The van der Waals surface area contributed by atoms with Crippen LogP contribution in [0.2, 0.25) is 0 Å². The molecule has 124 valence electrons. The van der Waals surface area contributed by atoms with Crippen molar-refractivity contribution in [2.75, 3.05) is 32.7 Å². The molecule has 0 bridgehead atoms. The molecule has 0 aliphatic heterocycles. The summed E-state index contributed by atoms with van der Waals surface area (Å²) in [5.74, 6) is 2.81. The summed E-state index contributed by atoms with van der Waals surface area (Å²) in [5.41, 5.74) is 0.452. The number of nitrogens with one attached hydrogen (secondary N) is 1. The number of rotatable bonds is 12. The minimum Gasteiger partial charge on any atom is -0.316 e. The highest BCUT2D eigenvalue weighted by Crippen LogP contribution is 2.35. The van der Waals surface area contributed by atoms with Crippen molar-refractivity contribution in [3.8, 4) is 0 Å². The second-order valence-electron chi connectivity index (χ2n) is 8.67.